The van der Waals surface area contributed by atoms with Crippen LogP contribution in [0.1, 0.15) is 41.0 Å². The maximum absolute atomic E-state index is 12.9. The average molecular weight is 407 g/mol. The van der Waals surface area contributed by atoms with Gasteiger partial charge in [-0.15, -0.1) is 0 Å². The fraction of sp³-hybridized carbons (Fsp3) is 0.292. The number of benzene rings is 2. The number of aromatic nitrogens is 1. The molecule has 0 saturated heterocycles. The van der Waals surface area contributed by atoms with Gasteiger partial charge in [-0.2, -0.15) is 0 Å². The lowest BCUT2D eigenvalue weighted by atomic mass is 10.0. The summed E-state index contributed by atoms with van der Waals surface area (Å²) in [6.07, 6.45) is 0.561. The van der Waals surface area contributed by atoms with Gasteiger partial charge in [-0.3, -0.25) is 9.59 Å². The van der Waals surface area contributed by atoms with E-state index in [1.807, 2.05) is 50.2 Å². The van der Waals surface area contributed by atoms with Crippen molar-refractivity contribution in [3.8, 4) is 5.75 Å². The van der Waals surface area contributed by atoms with Crippen molar-refractivity contribution in [2.24, 2.45) is 0 Å². The number of aryl methyl sites for hydroxylation is 1. The molecule has 0 spiro atoms. The van der Waals surface area contributed by atoms with Crippen LogP contribution in [-0.2, 0) is 27.3 Å². The zero-order valence-electron chi connectivity index (χ0n) is 17.7. The van der Waals surface area contributed by atoms with Crippen molar-refractivity contribution < 1.29 is 23.9 Å². The number of carbonyl (C=O) groups excluding carboxylic acids is 3. The predicted octanol–water partition coefficient (Wildman–Crippen LogP) is 3.88. The Bertz CT molecular complexity index is 1110. The third-order valence-corrected chi connectivity index (χ3v) is 5.02. The molecule has 30 heavy (non-hydrogen) atoms. The molecule has 0 fully saturated rings. The van der Waals surface area contributed by atoms with E-state index in [0.717, 1.165) is 22.3 Å². The van der Waals surface area contributed by atoms with Gasteiger partial charge in [0.05, 0.1) is 23.6 Å². The van der Waals surface area contributed by atoms with Gasteiger partial charge in [-0.1, -0.05) is 37.3 Å². The van der Waals surface area contributed by atoms with Gasteiger partial charge in [0.15, 0.2) is 12.4 Å². The molecule has 0 unspecified atom stereocenters. The molecule has 0 aliphatic rings. The molecule has 1 aromatic heterocycles. The Kier molecular flexibility index (Phi) is 6.35. The molecule has 3 aromatic rings. The predicted molar refractivity (Wildman–Crippen MR) is 114 cm³/mol. The van der Waals surface area contributed by atoms with Crippen LogP contribution in [0.25, 0.3) is 10.9 Å². The molecule has 0 aliphatic heterocycles. The largest absolute Gasteiger partial charge is 0.481 e. The molecule has 3 rings (SSSR count). The zero-order valence-corrected chi connectivity index (χ0v) is 17.7. The number of Topliss-reactive ketones (excluding diaryl/α,β-unsaturated/α-hetero) is 2. The first-order valence-corrected chi connectivity index (χ1v) is 9.81. The zero-order chi connectivity index (χ0) is 21.8. The summed E-state index contributed by atoms with van der Waals surface area (Å²) >= 11 is 0. The maximum Gasteiger partial charge on any atom is 0.343 e. The van der Waals surface area contributed by atoms with Gasteiger partial charge in [-0.25, -0.2) is 4.79 Å². The lowest BCUT2D eigenvalue weighted by molar-refractivity contribution is -0.142. The Morgan fingerprint density at radius 1 is 1.07 bits per heavy atom. The first kappa shape index (κ1) is 21.3. The van der Waals surface area contributed by atoms with E-state index in [9.17, 15) is 14.4 Å². The Labute approximate surface area is 175 Å². The molecule has 1 heterocycles. The van der Waals surface area contributed by atoms with Gasteiger partial charge < -0.3 is 14.0 Å². The minimum atomic E-state index is -0.560. The van der Waals surface area contributed by atoms with E-state index in [2.05, 4.69) is 9.30 Å². The summed E-state index contributed by atoms with van der Waals surface area (Å²) in [7, 11) is 1.29. The standard InChI is InChI=1S/C24H25NO5/c1-5-18-23(24(28)16(3)26)22-19(25(18)13-17-9-7-6-8-10-17)11-15(2)12-20(22)30-14-21(27)29-4/h6-12H,5,13-14H2,1-4H3. The Hall–Kier alpha value is -3.41. The summed E-state index contributed by atoms with van der Waals surface area (Å²) in [6.45, 7) is 5.40. The second kappa shape index (κ2) is 8.95. The van der Waals surface area contributed by atoms with Gasteiger partial charge in [-0.05, 0) is 36.6 Å². The smallest absolute Gasteiger partial charge is 0.343 e. The van der Waals surface area contributed by atoms with Crippen LogP contribution in [0.3, 0.4) is 0 Å². The van der Waals surface area contributed by atoms with Crippen molar-refractivity contribution in [2.75, 3.05) is 13.7 Å². The van der Waals surface area contributed by atoms with Crippen molar-refractivity contribution >= 4 is 28.4 Å². The van der Waals surface area contributed by atoms with Crippen molar-refractivity contribution in [3.05, 3.63) is 64.8 Å². The summed E-state index contributed by atoms with van der Waals surface area (Å²) in [6, 6.07) is 13.7. The summed E-state index contributed by atoms with van der Waals surface area (Å²) < 4.78 is 12.5. The van der Waals surface area contributed by atoms with Crippen molar-refractivity contribution in [2.45, 2.75) is 33.7 Å². The lowest BCUT2D eigenvalue weighted by Crippen LogP contribution is -2.15. The molecule has 0 aliphatic carbocycles. The third kappa shape index (κ3) is 4.13. The number of ether oxygens (including phenoxy) is 2. The molecule has 0 N–H and O–H groups in total. The van der Waals surface area contributed by atoms with Gasteiger partial charge in [0.1, 0.15) is 5.75 Å². The van der Waals surface area contributed by atoms with Crippen molar-refractivity contribution in [3.63, 3.8) is 0 Å². The quantitative estimate of drug-likeness (QED) is 0.322. The third-order valence-electron chi connectivity index (χ3n) is 5.02. The average Bonchev–Trinajstić information content (AvgIpc) is 3.04. The molecule has 6 heteroatoms. The van der Waals surface area contributed by atoms with Crippen LogP contribution in [0, 0.1) is 6.92 Å². The number of fused-ring (bicyclic) bond motifs is 1. The number of carbonyl (C=O) groups is 3. The number of rotatable bonds is 8. The summed E-state index contributed by atoms with van der Waals surface area (Å²) in [5.74, 6) is -1.23. The normalized spacial score (nSPS) is 10.8. The summed E-state index contributed by atoms with van der Waals surface area (Å²) in [4.78, 5) is 36.6. The molecule has 0 radical (unpaired) electrons. The molecule has 0 atom stereocenters. The maximum atomic E-state index is 12.9. The van der Waals surface area contributed by atoms with E-state index in [-0.39, 0.29) is 6.61 Å². The Morgan fingerprint density at radius 3 is 2.37 bits per heavy atom. The van der Waals surface area contributed by atoms with Crippen LogP contribution in [0.15, 0.2) is 42.5 Å². The molecule has 0 bridgehead atoms. The number of hydrogen-bond donors (Lipinski definition) is 0. The molecular weight excluding hydrogens is 382 g/mol. The first-order chi connectivity index (χ1) is 14.4. The van der Waals surface area contributed by atoms with Crippen LogP contribution >= 0.6 is 0 Å². The highest BCUT2D eigenvalue weighted by Gasteiger charge is 2.27. The minimum absolute atomic E-state index is 0.284. The first-order valence-electron chi connectivity index (χ1n) is 9.81. The van der Waals surface area contributed by atoms with Crippen molar-refractivity contribution in [1.82, 2.24) is 4.57 Å². The van der Waals surface area contributed by atoms with Crippen LogP contribution in [-0.4, -0.2) is 35.8 Å². The monoisotopic (exact) mass is 407 g/mol. The number of methoxy groups -OCH3 is 1. The van der Waals surface area contributed by atoms with Gasteiger partial charge in [0.25, 0.3) is 0 Å². The highest BCUT2D eigenvalue weighted by atomic mass is 16.6. The second-order valence-corrected chi connectivity index (χ2v) is 7.15. The van der Waals surface area contributed by atoms with Gasteiger partial charge in [0.2, 0.25) is 5.78 Å². The van der Waals surface area contributed by atoms with Gasteiger partial charge >= 0.3 is 5.97 Å². The molecule has 156 valence electrons. The molecule has 6 nitrogen and oxygen atoms in total. The molecule has 2 aromatic carbocycles. The SMILES string of the molecule is CCc1c(C(=O)C(C)=O)c2c(OCC(=O)OC)cc(C)cc2n1Cc1ccccc1. The van der Waals surface area contributed by atoms with E-state index in [1.165, 1.54) is 14.0 Å². The fourth-order valence-electron chi connectivity index (χ4n) is 3.67. The van der Waals surface area contributed by atoms with Crippen molar-refractivity contribution in [1.29, 1.82) is 0 Å². The second-order valence-electron chi connectivity index (χ2n) is 7.15. The van der Waals surface area contributed by atoms with Crippen LogP contribution < -0.4 is 4.74 Å². The number of hydrogen-bond acceptors (Lipinski definition) is 5. The number of nitrogens with zero attached hydrogens (tertiary/aromatic N) is 1. The molecular formula is C24H25NO5. The summed E-state index contributed by atoms with van der Waals surface area (Å²) in [5.41, 5.74) is 3.89. The van der Waals surface area contributed by atoms with Crippen LogP contribution in [0.2, 0.25) is 0 Å². The van der Waals surface area contributed by atoms with Crippen LogP contribution in [0.4, 0.5) is 0 Å². The lowest BCUT2D eigenvalue weighted by Gasteiger charge is -2.12. The highest BCUT2D eigenvalue weighted by molar-refractivity contribution is 6.45. The summed E-state index contributed by atoms with van der Waals surface area (Å²) in [5, 5.41) is 0.553. The van der Waals surface area contributed by atoms with Gasteiger partial charge in [0, 0.05) is 19.2 Å². The fourth-order valence-corrected chi connectivity index (χ4v) is 3.67. The number of ketones is 2. The minimum Gasteiger partial charge on any atom is -0.481 e. The molecule has 0 saturated carbocycles. The van der Waals surface area contributed by atoms with E-state index in [4.69, 9.17) is 4.74 Å². The topological polar surface area (TPSA) is 74.6 Å². The van der Waals surface area contributed by atoms with Crippen LogP contribution in [0.5, 0.6) is 5.75 Å². The Morgan fingerprint density at radius 2 is 1.77 bits per heavy atom. The van der Waals surface area contributed by atoms with E-state index in [1.54, 1.807) is 6.07 Å². The van der Waals surface area contributed by atoms with E-state index < -0.39 is 17.5 Å². The number of esters is 1. The Balaban J connectivity index is 2.29. The van der Waals surface area contributed by atoms with E-state index in [0.29, 0.717) is 29.7 Å². The van der Waals surface area contributed by atoms with E-state index >= 15 is 0 Å². The highest BCUT2D eigenvalue weighted by Crippen LogP contribution is 2.36. The molecule has 0 amide bonds.